The van der Waals surface area contributed by atoms with E-state index in [1.165, 1.54) is 6.33 Å². The van der Waals surface area contributed by atoms with Crippen molar-refractivity contribution in [2.75, 3.05) is 20.3 Å². The molecule has 0 radical (unpaired) electrons. The molecule has 0 fully saturated rings. The lowest BCUT2D eigenvalue weighted by atomic mass is 10.2. The summed E-state index contributed by atoms with van der Waals surface area (Å²) in [6, 6.07) is 13.2. The standard InChI is InChI=1S/C17H15BrN2O3/c1-21-13-3-5-14(6-4-13)22-8-9-23-17-15-10-12(18)2-7-16(15)19-11-20-17/h2-7,10-11H,8-9H2,1H3. The Morgan fingerprint density at radius 3 is 2.43 bits per heavy atom. The van der Waals surface area contributed by atoms with Crippen molar-refractivity contribution in [3.63, 3.8) is 0 Å². The normalized spacial score (nSPS) is 10.5. The van der Waals surface area contributed by atoms with E-state index in [-0.39, 0.29) is 0 Å². The van der Waals surface area contributed by atoms with Crippen LogP contribution in [0.3, 0.4) is 0 Å². The molecule has 0 aliphatic carbocycles. The van der Waals surface area contributed by atoms with E-state index >= 15 is 0 Å². The topological polar surface area (TPSA) is 53.5 Å². The molecule has 0 saturated carbocycles. The summed E-state index contributed by atoms with van der Waals surface area (Å²) >= 11 is 3.44. The summed E-state index contributed by atoms with van der Waals surface area (Å²) in [5, 5.41) is 0.867. The van der Waals surface area contributed by atoms with Crippen LogP contribution in [0.4, 0.5) is 0 Å². The van der Waals surface area contributed by atoms with Crippen molar-refractivity contribution in [3.8, 4) is 17.4 Å². The highest BCUT2D eigenvalue weighted by Crippen LogP contribution is 2.24. The maximum atomic E-state index is 5.72. The molecule has 1 heterocycles. The predicted octanol–water partition coefficient (Wildman–Crippen LogP) is 3.86. The van der Waals surface area contributed by atoms with Crippen LogP contribution >= 0.6 is 15.9 Å². The fourth-order valence-corrected chi connectivity index (χ4v) is 2.45. The minimum absolute atomic E-state index is 0.394. The van der Waals surface area contributed by atoms with Gasteiger partial charge in [-0.05, 0) is 42.5 Å². The average molecular weight is 375 g/mol. The average Bonchev–Trinajstić information content (AvgIpc) is 2.59. The van der Waals surface area contributed by atoms with Gasteiger partial charge in [-0.1, -0.05) is 15.9 Å². The van der Waals surface area contributed by atoms with Gasteiger partial charge in [-0.3, -0.25) is 0 Å². The second-order valence-corrected chi connectivity index (χ2v) is 5.63. The Kier molecular flexibility index (Phi) is 4.92. The van der Waals surface area contributed by atoms with Crippen LogP contribution in [0.5, 0.6) is 17.4 Å². The van der Waals surface area contributed by atoms with Crippen molar-refractivity contribution >= 4 is 26.8 Å². The van der Waals surface area contributed by atoms with E-state index in [1.807, 2.05) is 42.5 Å². The predicted molar refractivity (Wildman–Crippen MR) is 91.2 cm³/mol. The van der Waals surface area contributed by atoms with E-state index in [0.29, 0.717) is 19.1 Å². The van der Waals surface area contributed by atoms with E-state index < -0.39 is 0 Å². The van der Waals surface area contributed by atoms with Crippen molar-refractivity contribution in [2.24, 2.45) is 0 Å². The van der Waals surface area contributed by atoms with E-state index in [4.69, 9.17) is 14.2 Å². The maximum Gasteiger partial charge on any atom is 0.224 e. The Morgan fingerprint density at radius 2 is 1.65 bits per heavy atom. The summed E-state index contributed by atoms with van der Waals surface area (Å²) in [5.74, 6) is 2.12. The van der Waals surface area contributed by atoms with Crippen molar-refractivity contribution in [1.82, 2.24) is 9.97 Å². The van der Waals surface area contributed by atoms with Gasteiger partial charge in [0.05, 0.1) is 18.0 Å². The molecule has 2 aromatic carbocycles. The second kappa shape index (κ2) is 7.28. The summed E-state index contributed by atoms with van der Waals surface area (Å²) < 4.78 is 17.4. The van der Waals surface area contributed by atoms with Crippen LogP contribution in [-0.4, -0.2) is 30.3 Å². The van der Waals surface area contributed by atoms with E-state index in [1.54, 1.807) is 7.11 Å². The summed E-state index contributed by atoms with van der Waals surface area (Å²) in [6.45, 7) is 0.816. The summed E-state index contributed by atoms with van der Waals surface area (Å²) in [6.07, 6.45) is 1.50. The first-order chi connectivity index (χ1) is 11.3. The Morgan fingerprint density at radius 1 is 0.913 bits per heavy atom. The zero-order valence-corrected chi connectivity index (χ0v) is 14.1. The molecule has 1 aromatic heterocycles. The van der Waals surface area contributed by atoms with Gasteiger partial charge in [0.2, 0.25) is 5.88 Å². The molecule has 5 nitrogen and oxygen atoms in total. The quantitative estimate of drug-likeness (QED) is 0.613. The fraction of sp³-hybridized carbons (Fsp3) is 0.176. The van der Waals surface area contributed by atoms with E-state index in [2.05, 4.69) is 25.9 Å². The molecule has 3 aromatic rings. The first kappa shape index (κ1) is 15.6. The van der Waals surface area contributed by atoms with Crippen molar-refractivity contribution in [3.05, 3.63) is 53.3 Å². The number of ether oxygens (including phenoxy) is 3. The van der Waals surface area contributed by atoms with Crippen LogP contribution in [0.1, 0.15) is 0 Å². The first-order valence-electron chi connectivity index (χ1n) is 7.06. The molecule has 0 N–H and O–H groups in total. The molecular formula is C17H15BrN2O3. The third-order valence-electron chi connectivity index (χ3n) is 3.21. The van der Waals surface area contributed by atoms with Gasteiger partial charge in [-0.25, -0.2) is 9.97 Å². The number of fused-ring (bicyclic) bond motifs is 1. The lowest BCUT2D eigenvalue weighted by Gasteiger charge is -2.09. The molecule has 3 rings (SSSR count). The number of methoxy groups -OCH3 is 1. The zero-order chi connectivity index (χ0) is 16.1. The van der Waals surface area contributed by atoms with Crippen molar-refractivity contribution in [2.45, 2.75) is 0 Å². The number of aromatic nitrogens is 2. The van der Waals surface area contributed by atoms with Gasteiger partial charge in [-0.2, -0.15) is 0 Å². The van der Waals surface area contributed by atoms with Gasteiger partial charge in [0.1, 0.15) is 31.0 Å². The van der Waals surface area contributed by atoms with Crippen LogP contribution in [0.15, 0.2) is 53.3 Å². The first-order valence-corrected chi connectivity index (χ1v) is 7.85. The minimum atomic E-state index is 0.394. The number of hydrogen-bond acceptors (Lipinski definition) is 5. The number of benzene rings is 2. The largest absolute Gasteiger partial charge is 0.497 e. The highest BCUT2D eigenvalue weighted by Gasteiger charge is 2.05. The summed E-state index contributed by atoms with van der Waals surface area (Å²) in [4.78, 5) is 8.41. The molecule has 6 heteroatoms. The van der Waals surface area contributed by atoms with E-state index in [9.17, 15) is 0 Å². The maximum absolute atomic E-state index is 5.72. The van der Waals surface area contributed by atoms with Gasteiger partial charge in [-0.15, -0.1) is 0 Å². The molecule has 0 aliphatic heterocycles. The smallest absolute Gasteiger partial charge is 0.224 e. The van der Waals surface area contributed by atoms with Gasteiger partial charge < -0.3 is 14.2 Å². The van der Waals surface area contributed by atoms with E-state index in [0.717, 1.165) is 26.9 Å². The molecule has 0 saturated heterocycles. The number of nitrogens with zero attached hydrogens (tertiary/aromatic N) is 2. The monoisotopic (exact) mass is 374 g/mol. The van der Waals surface area contributed by atoms with Crippen LogP contribution in [0.25, 0.3) is 10.9 Å². The third-order valence-corrected chi connectivity index (χ3v) is 3.70. The summed E-state index contributed by atoms with van der Waals surface area (Å²) in [5.41, 5.74) is 0.842. The third kappa shape index (κ3) is 3.90. The van der Waals surface area contributed by atoms with Crippen molar-refractivity contribution in [1.29, 1.82) is 0 Å². The fourth-order valence-electron chi connectivity index (χ4n) is 2.09. The molecule has 0 spiro atoms. The van der Waals surface area contributed by atoms with Crippen LogP contribution in [-0.2, 0) is 0 Å². The second-order valence-electron chi connectivity index (χ2n) is 4.71. The molecule has 23 heavy (non-hydrogen) atoms. The Bertz CT molecular complexity index is 793. The molecule has 0 amide bonds. The number of rotatable bonds is 6. The SMILES string of the molecule is COc1ccc(OCCOc2ncnc3ccc(Br)cc23)cc1. The minimum Gasteiger partial charge on any atom is -0.497 e. The van der Waals surface area contributed by atoms with Crippen molar-refractivity contribution < 1.29 is 14.2 Å². The molecular weight excluding hydrogens is 360 g/mol. The Hall–Kier alpha value is -2.34. The highest BCUT2D eigenvalue weighted by atomic mass is 79.9. The van der Waals surface area contributed by atoms with Crippen LogP contribution < -0.4 is 14.2 Å². The Labute approximate surface area is 142 Å². The molecule has 0 aliphatic rings. The lowest BCUT2D eigenvalue weighted by molar-refractivity contribution is 0.213. The van der Waals surface area contributed by atoms with Gasteiger partial charge in [0, 0.05) is 4.47 Å². The van der Waals surface area contributed by atoms with Gasteiger partial charge in [0.15, 0.2) is 0 Å². The van der Waals surface area contributed by atoms with Crippen LogP contribution in [0.2, 0.25) is 0 Å². The summed E-state index contributed by atoms with van der Waals surface area (Å²) in [7, 11) is 1.63. The van der Waals surface area contributed by atoms with Gasteiger partial charge in [0.25, 0.3) is 0 Å². The Balaban J connectivity index is 1.59. The lowest BCUT2D eigenvalue weighted by Crippen LogP contribution is -2.10. The molecule has 0 unspecified atom stereocenters. The van der Waals surface area contributed by atoms with Gasteiger partial charge >= 0.3 is 0 Å². The number of halogens is 1. The highest BCUT2D eigenvalue weighted by molar-refractivity contribution is 9.10. The molecule has 118 valence electrons. The molecule has 0 atom stereocenters. The zero-order valence-electron chi connectivity index (χ0n) is 12.5. The van der Waals surface area contributed by atoms with Crippen LogP contribution in [0, 0.1) is 0 Å². The molecule has 0 bridgehead atoms. The number of hydrogen-bond donors (Lipinski definition) is 0.